The third-order valence-electron chi connectivity index (χ3n) is 3.75. The van der Waals surface area contributed by atoms with Crippen LogP contribution in [0.4, 0.5) is 5.82 Å². The van der Waals surface area contributed by atoms with Gasteiger partial charge in [0.05, 0.1) is 6.20 Å². The molecule has 3 aromatic rings. The molecular weight excluding hydrogens is 298 g/mol. The van der Waals surface area contributed by atoms with Crippen LogP contribution in [-0.4, -0.2) is 15.7 Å². The van der Waals surface area contributed by atoms with Gasteiger partial charge in [0.15, 0.2) is 0 Å². The van der Waals surface area contributed by atoms with Crippen molar-refractivity contribution in [2.24, 2.45) is 5.92 Å². The number of benzene rings is 2. The van der Waals surface area contributed by atoms with Crippen LogP contribution in [0.5, 0.6) is 0 Å². The second kappa shape index (κ2) is 7.13. The Morgan fingerprint density at radius 1 is 1.00 bits per heavy atom. The van der Waals surface area contributed by atoms with Gasteiger partial charge in [-0.3, -0.25) is 4.79 Å². The predicted molar refractivity (Wildman–Crippen MR) is 96.9 cm³/mol. The number of carbonyl (C=O) groups is 1. The molecule has 4 heteroatoms. The van der Waals surface area contributed by atoms with Crippen LogP contribution in [-0.2, 0) is 6.54 Å². The zero-order chi connectivity index (χ0) is 16.9. The molecular formula is C20H21N3O. The Bertz CT molecular complexity index is 804. The summed E-state index contributed by atoms with van der Waals surface area (Å²) in [4.78, 5) is 12.4. The molecule has 0 aliphatic rings. The molecule has 1 aromatic heterocycles. The third kappa shape index (κ3) is 3.71. The fourth-order valence-electron chi connectivity index (χ4n) is 2.56. The molecule has 1 N–H and O–H groups in total. The van der Waals surface area contributed by atoms with Crippen LogP contribution in [0.25, 0.3) is 11.1 Å². The first-order valence-electron chi connectivity index (χ1n) is 8.12. The summed E-state index contributed by atoms with van der Waals surface area (Å²) in [5.74, 6) is 1.06. The van der Waals surface area contributed by atoms with E-state index in [0.29, 0.717) is 11.5 Å². The summed E-state index contributed by atoms with van der Waals surface area (Å²) >= 11 is 0. The standard InChI is InChI=1S/C20H21N3O/c1-15(2)14-23-19(12-13-21-23)22-20(24)18-10-8-17(9-11-18)16-6-4-3-5-7-16/h3-13,15H,14H2,1-2H3,(H,22,24). The van der Waals surface area contributed by atoms with Crippen LogP contribution in [0.1, 0.15) is 24.2 Å². The molecule has 122 valence electrons. The van der Waals surface area contributed by atoms with E-state index in [-0.39, 0.29) is 5.91 Å². The quantitative estimate of drug-likeness (QED) is 0.755. The van der Waals surface area contributed by atoms with E-state index in [2.05, 4.69) is 36.4 Å². The Kier molecular flexibility index (Phi) is 4.75. The van der Waals surface area contributed by atoms with Crippen molar-refractivity contribution in [1.82, 2.24) is 9.78 Å². The maximum absolute atomic E-state index is 12.4. The van der Waals surface area contributed by atoms with Crippen LogP contribution in [0.15, 0.2) is 66.9 Å². The number of nitrogens with one attached hydrogen (secondary N) is 1. The Hall–Kier alpha value is -2.88. The second-order valence-corrected chi connectivity index (χ2v) is 6.19. The van der Waals surface area contributed by atoms with Gasteiger partial charge in [0, 0.05) is 18.2 Å². The third-order valence-corrected chi connectivity index (χ3v) is 3.75. The highest BCUT2D eigenvalue weighted by molar-refractivity contribution is 6.04. The van der Waals surface area contributed by atoms with E-state index >= 15 is 0 Å². The summed E-state index contributed by atoms with van der Waals surface area (Å²) in [6, 6.07) is 19.6. The number of hydrogen-bond donors (Lipinski definition) is 1. The average molecular weight is 319 g/mol. The van der Waals surface area contributed by atoms with Crippen molar-refractivity contribution in [2.75, 3.05) is 5.32 Å². The molecule has 0 fully saturated rings. The first-order chi connectivity index (χ1) is 11.6. The van der Waals surface area contributed by atoms with Crippen molar-refractivity contribution in [3.8, 4) is 11.1 Å². The van der Waals surface area contributed by atoms with E-state index in [0.717, 1.165) is 23.5 Å². The summed E-state index contributed by atoms with van der Waals surface area (Å²) in [5.41, 5.74) is 2.86. The number of nitrogens with zero attached hydrogens (tertiary/aromatic N) is 2. The zero-order valence-corrected chi connectivity index (χ0v) is 13.9. The Balaban J connectivity index is 1.73. The minimum Gasteiger partial charge on any atom is -0.307 e. The summed E-state index contributed by atoms with van der Waals surface area (Å²) < 4.78 is 1.82. The highest BCUT2D eigenvalue weighted by Crippen LogP contribution is 2.20. The molecule has 4 nitrogen and oxygen atoms in total. The normalized spacial score (nSPS) is 10.8. The number of aromatic nitrogens is 2. The first-order valence-corrected chi connectivity index (χ1v) is 8.12. The summed E-state index contributed by atoms with van der Waals surface area (Å²) in [6.07, 6.45) is 1.70. The molecule has 0 radical (unpaired) electrons. The number of hydrogen-bond acceptors (Lipinski definition) is 2. The zero-order valence-electron chi connectivity index (χ0n) is 13.9. The van der Waals surface area contributed by atoms with Crippen LogP contribution >= 0.6 is 0 Å². The molecule has 0 atom stereocenters. The average Bonchev–Trinajstić information content (AvgIpc) is 3.02. The van der Waals surface area contributed by atoms with Crippen molar-refractivity contribution >= 4 is 11.7 Å². The van der Waals surface area contributed by atoms with Crippen LogP contribution in [0.3, 0.4) is 0 Å². The number of anilines is 1. The predicted octanol–water partition coefficient (Wildman–Crippen LogP) is 4.46. The molecule has 24 heavy (non-hydrogen) atoms. The Morgan fingerprint density at radius 3 is 2.33 bits per heavy atom. The molecule has 1 amide bonds. The molecule has 0 spiro atoms. The smallest absolute Gasteiger partial charge is 0.256 e. The molecule has 1 heterocycles. The molecule has 0 saturated heterocycles. The Morgan fingerprint density at radius 2 is 1.67 bits per heavy atom. The van der Waals surface area contributed by atoms with Gasteiger partial charge in [0.2, 0.25) is 0 Å². The van der Waals surface area contributed by atoms with Gasteiger partial charge in [-0.05, 0) is 29.2 Å². The number of carbonyl (C=O) groups excluding carboxylic acids is 1. The molecule has 0 saturated carbocycles. The van der Waals surface area contributed by atoms with Gasteiger partial charge < -0.3 is 5.32 Å². The fourth-order valence-corrected chi connectivity index (χ4v) is 2.56. The Labute approximate surface area is 142 Å². The van der Waals surface area contributed by atoms with Gasteiger partial charge >= 0.3 is 0 Å². The van der Waals surface area contributed by atoms with Crippen molar-refractivity contribution < 1.29 is 4.79 Å². The summed E-state index contributed by atoms with van der Waals surface area (Å²) in [6.45, 7) is 5.01. The van der Waals surface area contributed by atoms with Gasteiger partial charge in [-0.25, -0.2) is 4.68 Å². The maximum Gasteiger partial charge on any atom is 0.256 e. The van der Waals surface area contributed by atoms with Crippen LogP contribution in [0.2, 0.25) is 0 Å². The van der Waals surface area contributed by atoms with E-state index in [1.165, 1.54) is 0 Å². The number of amides is 1. The largest absolute Gasteiger partial charge is 0.307 e. The van der Waals surface area contributed by atoms with E-state index < -0.39 is 0 Å². The van der Waals surface area contributed by atoms with E-state index in [1.54, 1.807) is 6.20 Å². The van der Waals surface area contributed by atoms with Gasteiger partial charge in [-0.1, -0.05) is 56.3 Å². The summed E-state index contributed by atoms with van der Waals surface area (Å²) in [5, 5.41) is 7.19. The maximum atomic E-state index is 12.4. The van der Waals surface area contributed by atoms with Crippen molar-refractivity contribution in [2.45, 2.75) is 20.4 Å². The minimum atomic E-state index is -0.125. The minimum absolute atomic E-state index is 0.125. The van der Waals surface area contributed by atoms with Gasteiger partial charge in [-0.2, -0.15) is 5.10 Å². The lowest BCUT2D eigenvalue weighted by atomic mass is 10.0. The lowest BCUT2D eigenvalue weighted by molar-refractivity contribution is 0.102. The van der Waals surface area contributed by atoms with Gasteiger partial charge in [0.1, 0.15) is 5.82 Å². The SMILES string of the molecule is CC(C)Cn1nccc1NC(=O)c1ccc(-c2ccccc2)cc1. The highest BCUT2D eigenvalue weighted by atomic mass is 16.1. The fraction of sp³-hybridized carbons (Fsp3) is 0.200. The van der Waals surface area contributed by atoms with E-state index in [1.807, 2.05) is 53.2 Å². The molecule has 0 unspecified atom stereocenters. The van der Waals surface area contributed by atoms with Crippen molar-refractivity contribution in [1.29, 1.82) is 0 Å². The van der Waals surface area contributed by atoms with Crippen molar-refractivity contribution in [3.05, 3.63) is 72.4 Å². The van der Waals surface area contributed by atoms with Gasteiger partial charge in [-0.15, -0.1) is 0 Å². The topological polar surface area (TPSA) is 46.9 Å². The molecule has 0 bridgehead atoms. The van der Waals surface area contributed by atoms with Crippen LogP contribution < -0.4 is 5.32 Å². The van der Waals surface area contributed by atoms with E-state index in [4.69, 9.17) is 0 Å². The number of rotatable bonds is 5. The van der Waals surface area contributed by atoms with Gasteiger partial charge in [0.25, 0.3) is 5.91 Å². The molecule has 0 aliphatic carbocycles. The highest BCUT2D eigenvalue weighted by Gasteiger charge is 2.10. The first kappa shape index (κ1) is 16.0. The lowest BCUT2D eigenvalue weighted by Crippen LogP contribution is -2.17. The molecule has 0 aliphatic heterocycles. The summed E-state index contributed by atoms with van der Waals surface area (Å²) in [7, 11) is 0. The monoisotopic (exact) mass is 319 g/mol. The molecule has 2 aromatic carbocycles. The second-order valence-electron chi connectivity index (χ2n) is 6.19. The van der Waals surface area contributed by atoms with E-state index in [9.17, 15) is 4.79 Å². The van der Waals surface area contributed by atoms with Crippen molar-refractivity contribution in [3.63, 3.8) is 0 Å². The molecule has 3 rings (SSSR count). The van der Waals surface area contributed by atoms with Crippen LogP contribution in [0, 0.1) is 5.92 Å². The lowest BCUT2D eigenvalue weighted by Gasteiger charge is -2.11.